The fourth-order valence-electron chi connectivity index (χ4n) is 2.07. The van der Waals surface area contributed by atoms with Crippen LogP contribution in [0.15, 0.2) is 35.7 Å². The zero-order valence-electron chi connectivity index (χ0n) is 14.1. The molecule has 0 aliphatic rings. The summed E-state index contributed by atoms with van der Waals surface area (Å²) in [5, 5.41) is 7.60. The average molecular weight is 346 g/mol. The first kappa shape index (κ1) is 18.0. The molecule has 0 fully saturated rings. The van der Waals surface area contributed by atoms with E-state index in [2.05, 4.69) is 10.6 Å². The Hall–Kier alpha value is -2.34. The van der Waals surface area contributed by atoms with Crippen molar-refractivity contribution in [2.24, 2.45) is 0 Å². The number of rotatable bonds is 7. The van der Waals surface area contributed by atoms with Gasteiger partial charge in [0.1, 0.15) is 10.6 Å². The second-order valence-corrected chi connectivity index (χ2v) is 6.40. The third-order valence-electron chi connectivity index (χ3n) is 3.71. The maximum absolute atomic E-state index is 12.1. The maximum atomic E-state index is 12.1. The largest absolute Gasteiger partial charge is 0.495 e. The molecule has 0 saturated heterocycles. The van der Waals surface area contributed by atoms with Crippen LogP contribution in [0, 0.1) is 0 Å². The van der Waals surface area contributed by atoms with E-state index in [1.165, 1.54) is 11.3 Å². The predicted molar refractivity (Wildman–Crippen MR) is 95.7 cm³/mol. The van der Waals surface area contributed by atoms with E-state index in [-0.39, 0.29) is 17.9 Å². The van der Waals surface area contributed by atoms with Crippen molar-refractivity contribution in [2.45, 2.75) is 32.9 Å². The van der Waals surface area contributed by atoms with Crippen molar-refractivity contribution in [3.8, 4) is 5.75 Å². The Morgan fingerprint density at radius 3 is 2.50 bits per heavy atom. The highest BCUT2D eigenvalue weighted by Crippen LogP contribution is 2.24. The summed E-state index contributed by atoms with van der Waals surface area (Å²) in [6.07, 6.45) is 0.891. The monoisotopic (exact) mass is 346 g/mol. The third kappa shape index (κ3) is 4.58. The van der Waals surface area contributed by atoms with Crippen LogP contribution in [0.2, 0.25) is 0 Å². The molecule has 24 heavy (non-hydrogen) atoms. The van der Waals surface area contributed by atoms with Crippen molar-refractivity contribution in [2.75, 3.05) is 7.11 Å². The fourth-order valence-corrected chi connectivity index (χ4v) is 2.84. The van der Waals surface area contributed by atoms with E-state index >= 15 is 0 Å². The number of hydrogen-bond acceptors (Lipinski definition) is 4. The molecule has 0 spiro atoms. The Morgan fingerprint density at radius 1 is 1.17 bits per heavy atom. The van der Waals surface area contributed by atoms with Crippen LogP contribution in [0.4, 0.5) is 0 Å². The van der Waals surface area contributed by atoms with Crippen LogP contribution in [-0.2, 0) is 6.54 Å². The number of carbonyl (C=O) groups is 2. The number of ether oxygens (including phenoxy) is 1. The summed E-state index contributed by atoms with van der Waals surface area (Å²) in [5.74, 6) is 0.332. The summed E-state index contributed by atoms with van der Waals surface area (Å²) in [5.41, 5.74) is 1.55. The predicted octanol–water partition coefficient (Wildman–Crippen LogP) is 3.22. The Bertz CT molecular complexity index is 695. The topological polar surface area (TPSA) is 67.4 Å². The van der Waals surface area contributed by atoms with Gasteiger partial charge in [-0.05, 0) is 42.5 Å². The lowest BCUT2D eigenvalue weighted by molar-refractivity contribution is 0.0934. The molecule has 2 rings (SSSR count). The molecular weight excluding hydrogens is 324 g/mol. The zero-order chi connectivity index (χ0) is 17.5. The van der Waals surface area contributed by atoms with E-state index in [4.69, 9.17) is 4.74 Å². The second kappa shape index (κ2) is 8.49. The van der Waals surface area contributed by atoms with Gasteiger partial charge in [0.05, 0.1) is 7.11 Å². The number of carbonyl (C=O) groups excluding carboxylic acids is 2. The van der Waals surface area contributed by atoms with Crippen molar-refractivity contribution in [1.82, 2.24) is 10.6 Å². The molecule has 0 bridgehead atoms. The van der Waals surface area contributed by atoms with Gasteiger partial charge in [0.2, 0.25) is 0 Å². The maximum Gasteiger partial charge on any atom is 0.265 e. The minimum atomic E-state index is -0.166. The molecule has 6 heteroatoms. The van der Waals surface area contributed by atoms with Crippen LogP contribution in [0.1, 0.15) is 45.9 Å². The summed E-state index contributed by atoms with van der Waals surface area (Å²) in [6.45, 7) is 4.40. The van der Waals surface area contributed by atoms with Crippen molar-refractivity contribution in [3.05, 3.63) is 51.7 Å². The Balaban J connectivity index is 1.92. The lowest BCUT2D eigenvalue weighted by Gasteiger charge is -2.11. The standard InChI is InChI=1S/C18H22N2O3S/c1-4-12(2)20-17(21)14-7-5-13(6-8-14)11-19-18(22)16-15(23-3)9-10-24-16/h5-10,12H,4,11H2,1-3H3,(H,19,22)(H,20,21)/t12-/m0/s1. The molecule has 1 atom stereocenters. The second-order valence-electron chi connectivity index (χ2n) is 5.48. The molecule has 0 aliphatic heterocycles. The molecule has 0 radical (unpaired) electrons. The number of nitrogens with one attached hydrogen (secondary N) is 2. The average Bonchev–Trinajstić information content (AvgIpc) is 3.08. The molecular formula is C18H22N2O3S. The van der Waals surface area contributed by atoms with Crippen molar-refractivity contribution in [1.29, 1.82) is 0 Å². The summed E-state index contributed by atoms with van der Waals surface area (Å²) >= 11 is 1.34. The first-order valence-corrected chi connectivity index (χ1v) is 8.72. The molecule has 0 unspecified atom stereocenters. The molecule has 5 nitrogen and oxygen atoms in total. The van der Waals surface area contributed by atoms with E-state index in [9.17, 15) is 9.59 Å². The smallest absolute Gasteiger partial charge is 0.265 e. The Kier molecular flexibility index (Phi) is 6.37. The number of thiophene rings is 1. The van der Waals surface area contributed by atoms with E-state index in [1.807, 2.05) is 31.4 Å². The molecule has 2 amide bonds. The van der Waals surface area contributed by atoms with E-state index < -0.39 is 0 Å². The fraction of sp³-hybridized carbons (Fsp3) is 0.333. The van der Waals surface area contributed by atoms with Crippen LogP contribution >= 0.6 is 11.3 Å². The van der Waals surface area contributed by atoms with Crippen LogP contribution in [0.5, 0.6) is 5.75 Å². The molecule has 1 heterocycles. The van der Waals surface area contributed by atoms with Crippen LogP contribution in [0.25, 0.3) is 0 Å². The van der Waals surface area contributed by atoms with E-state index in [0.29, 0.717) is 22.7 Å². The first-order valence-electron chi connectivity index (χ1n) is 7.84. The number of benzene rings is 1. The Labute approximate surface area is 146 Å². The molecule has 1 aromatic heterocycles. The number of methoxy groups -OCH3 is 1. The van der Waals surface area contributed by atoms with E-state index in [0.717, 1.165) is 12.0 Å². The minimum absolute atomic E-state index is 0.0803. The highest BCUT2D eigenvalue weighted by atomic mass is 32.1. The summed E-state index contributed by atoms with van der Waals surface area (Å²) in [7, 11) is 1.54. The van der Waals surface area contributed by atoms with Crippen LogP contribution in [0.3, 0.4) is 0 Å². The summed E-state index contributed by atoms with van der Waals surface area (Å²) < 4.78 is 5.15. The summed E-state index contributed by atoms with van der Waals surface area (Å²) in [6, 6.07) is 9.15. The van der Waals surface area contributed by atoms with Gasteiger partial charge in [0.25, 0.3) is 11.8 Å². The highest BCUT2D eigenvalue weighted by molar-refractivity contribution is 7.12. The highest BCUT2D eigenvalue weighted by Gasteiger charge is 2.13. The molecule has 128 valence electrons. The van der Waals surface area contributed by atoms with Gasteiger partial charge in [-0.2, -0.15) is 0 Å². The number of amides is 2. The quantitative estimate of drug-likeness (QED) is 0.809. The zero-order valence-corrected chi connectivity index (χ0v) is 14.9. The normalized spacial score (nSPS) is 11.6. The lowest BCUT2D eigenvalue weighted by Crippen LogP contribution is -2.31. The van der Waals surface area contributed by atoms with Gasteiger partial charge in [0, 0.05) is 18.2 Å². The van der Waals surface area contributed by atoms with Crippen molar-refractivity contribution < 1.29 is 14.3 Å². The van der Waals surface area contributed by atoms with Crippen LogP contribution < -0.4 is 15.4 Å². The Morgan fingerprint density at radius 2 is 1.88 bits per heavy atom. The van der Waals surface area contributed by atoms with Crippen molar-refractivity contribution >= 4 is 23.2 Å². The van der Waals surface area contributed by atoms with Gasteiger partial charge in [-0.1, -0.05) is 19.1 Å². The molecule has 0 aliphatic carbocycles. The number of hydrogen-bond donors (Lipinski definition) is 2. The molecule has 2 N–H and O–H groups in total. The first-order chi connectivity index (χ1) is 11.5. The van der Waals surface area contributed by atoms with Gasteiger partial charge in [-0.15, -0.1) is 11.3 Å². The van der Waals surface area contributed by atoms with Gasteiger partial charge < -0.3 is 15.4 Å². The SMILES string of the molecule is CC[C@H](C)NC(=O)c1ccc(CNC(=O)c2sccc2OC)cc1. The molecule has 0 saturated carbocycles. The minimum Gasteiger partial charge on any atom is -0.495 e. The molecule has 1 aromatic carbocycles. The van der Waals surface area contributed by atoms with Gasteiger partial charge >= 0.3 is 0 Å². The van der Waals surface area contributed by atoms with Gasteiger partial charge in [-0.25, -0.2) is 0 Å². The summed E-state index contributed by atoms with van der Waals surface area (Å²) in [4.78, 5) is 24.7. The van der Waals surface area contributed by atoms with Gasteiger partial charge in [0.15, 0.2) is 0 Å². The van der Waals surface area contributed by atoms with Crippen LogP contribution in [-0.4, -0.2) is 25.0 Å². The van der Waals surface area contributed by atoms with Gasteiger partial charge in [-0.3, -0.25) is 9.59 Å². The van der Waals surface area contributed by atoms with Crippen molar-refractivity contribution in [3.63, 3.8) is 0 Å². The third-order valence-corrected chi connectivity index (χ3v) is 4.61. The lowest BCUT2D eigenvalue weighted by atomic mass is 10.1. The van der Waals surface area contributed by atoms with E-state index in [1.54, 1.807) is 25.3 Å². The molecule has 2 aromatic rings.